The highest BCUT2D eigenvalue weighted by Gasteiger charge is 2.31. The highest BCUT2D eigenvalue weighted by Crippen LogP contribution is 2.28. The smallest absolute Gasteiger partial charge is 0.166 e. The Kier molecular flexibility index (Phi) is 5.57. The van der Waals surface area contributed by atoms with E-state index in [1.165, 1.54) is 0 Å². The zero-order valence-corrected chi connectivity index (χ0v) is 9.43. The van der Waals surface area contributed by atoms with Gasteiger partial charge in [0.1, 0.15) is 0 Å². The first-order valence-electron chi connectivity index (χ1n) is 4.73. The minimum atomic E-state index is -4.38. The first kappa shape index (κ1) is 14.5. The van der Waals surface area contributed by atoms with E-state index in [1.807, 2.05) is 6.92 Å². The van der Waals surface area contributed by atoms with Crippen molar-refractivity contribution in [3.63, 3.8) is 0 Å². The molecule has 0 aromatic carbocycles. The van der Waals surface area contributed by atoms with Gasteiger partial charge in [-0.3, -0.25) is 0 Å². The second-order valence-electron chi connectivity index (χ2n) is 3.20. The molecular formula is C13H15F3. The Morgan fingerprint density at radius 2 is 1.81 bits per heavy atom. The van der Waals surface area contributed by atoms with Crippen LogP contribution in [0.1, 0.15) is 13.8 Å². The molecule has 0 amide bonds. The third-order valence-electron chi connectivity index (χ3n) is 1.92. The summed E-state index contributed by atoms with van der Waals surface area (Å²) < 4.78 is 37.1. The molecule has 0 nitrogen and oxygen atoms in total. The van der Waals surface area contributed by atoms with Crippen molar-refractivity contribution in [1.82, 2.24) is 0 Å². The third kappa shape index (κ3) is 4.82. The van der Waals surface area contributed by atoms with E-state index in [0.29, 0.717) is 11.1 Å². The molecule has 0 aliphatic heterocycles. The lowest BCUT2D eigenvalue weighted by molar-refractivity contribution is -0.0881. The predicted molar refractivity (Wildman–Crippen MR) is 62.0 cm³/mol. The van der Waals surface area contributed by atoms with Gasteiger partial charge in [0.05, 0.1) is 5.57 Å². The second-order valence-corrected chi connectivity index (χ2v) is 3.20. The average Bonchev–Trinajstić information content (AvgIpc) is 2.20. The summed E-state index contributed by atoms with van der Waals surface area (Å²) >= 11 is 0. The SMILES string of the molecule is C=CC(=CC(=C)C(C)=CC=CC)C(F)(F)F. The van der Waals surface area contributed by atoms with Crippen LogP contribution in [0.4, 0.5) is 13.2 Å². The van der Waals surface area contributed by atoms with Crippen molar-refractivity contribution in [3.8, 4) is 0 Å². The molecule has 16 heavy (non-hydrogen) atoms. The number of halogens is 3. The summed E-state index contributed by atoms with van der Waals surface area (Å²) in [5.74, 6) is 0. The molecule has 0 unspecified atom stereocenters. The van der Waals surface area contributed by atoms with Gasteiger partial charge in [-0.1, -0.05) is 37.5 Å². The van der Waals surface area contributed by atoms with Crippen LogP contribution in [0.5, 0.6) is 0 Å². The Bertz CT molecular complexity index is 352. The highest BCUT2D eigenvalue weighted by molar-refractivity contribution is 5.42. The summed E-state index contributed by atoms with van der Waals surface area (Å²) in [6.45, 7) is 10.3. The molecule has 0 spiro atoms. The molecule has 0 aromatic rings. The molecule has 0 bridgehead atoms. The summed E-state index contributed by atoms with van der Waals surface area (Å²) in [5, 5.41) is 0. The van der Waals surface area contributed by atoms with Gasteiger partial charge in [0.25, 0.3) is 0 Å². The maximum Gasteiger partial charge on any atom is 0.416 e. The van der Waals surface area contributed by atoms with Crippen molar-refractivity contribution < 1.29 is 13.2 Å². The van der Waals surface area contributed by atoms with Gasteiger partial charge in [-0.25, -0.2) is 0 Å². The Hall–Kier alpha value is -1.51. The molecule has 0 saturated heterocycles. The van der Waals surface area contributed by atoms with Crippen molar-refractivity contribution in [3.05, 3.63) is 60.3 Å². The fourth-order valence-corrected chi connectivity index (χ4v) is 0.906. The number of hydrogen-bond donors (Lipinski definition) is 0. The van der Waals surface area contributed by atoms with Crippen molar-refractivity contribution in [1.29, 1.82) is 0 Å². The van der Waals surface area contributed by atoms with E-state index in [4.69, 9.17) is 0 Å². The second kappa shape index (κ2) is 6.16. The molecule has 0 aromatic heterocycles. The van der Waals surface area contributed by atoms with Crippen molar-refractivity contribution in [2.24, 2.45) is 0 Å². The number of allylic oxidation sites excluding steroid dienone is 8. The van der Waals surface area contributed by atoms with Crippen molar-refractivity contribution >= 4 is 0 Å². The van der Waals surface area contributed by atoms with E-state index < -0.39 is 11.7 Å². The number of alkyl halides is 3. The normalized spacial score (nSPS) is 14.3. The molecule has 0 N–H and O–H groups in total. The van der Waals surface area contributed by atoms with Gasteiger partial charge in [0.2, 0.25) is 0 Å². The van der Waals surface area contributed by atoms with Crippen LogP contribution in [-0.4, -0.2) is 6.18 Å². The third-order valence-corrected chi connectivity index (χ3v) is 1.92. The molecule has 0 heterocycles. The van der Waals surface area contributed by atoms with Crippen LogP contribution in [0.15, 0.2) is 60.3 Å². The molecule has 0 radical (unpaired) electrons. The molecule has 0 aliphatic carbocycles. The zero-order chi connectivity index (χ0) is 12.8. The first-order valence-corrected chi connectivity index (χ1v) is 4.73. The lowest BCUT2D eigenvalue weighted by Crippen LogP contribution is -2.10. The molecule has 0 aliphatic rings. The molecule has 0 saturated carbocycles. The highest BCUT2D eigenvalue weighted by atomic mass is 19.4. The van der Waals surface area contributed by atoms with Crippen LogP contribution in [0.2, 0.25) is 0 Å². The Morgan fingerprint density at radius 1 is 1.25 bits per heavy atom. The topological polar surface area (TPSA) is 0 Å². The van der Waals surface area contributed by atoms with Crippen LogP contribution < -0.4 is 0 Å². The Balaban J connectivity index is 5.02. The summed E-state index contributed by atoms with van der Waals surface area (Å²) in [6, 6.07) is 0. The first-order chi connectivity index (χ1) is 7.32. The van der Waals surface area contributed by atoms with Gasteiger partial charge in [-0.2, -0.15) is 13.2 Å². The van der Waals surface area contributed by atoms with E-state index in [2.05, 4.69) is 13.2 Å². The van der Waals surface area contributed by atoms with Gasteiger partial charge < -0.3 is 0 Å². The minimum absolute atomic E-state index is 0.324. The van der Waals surface area contributed by atoms with E-state index >= 15 is 0 Å². The lowest BCUT2D eigenvalue weighted by Gasteiger charge is -2.08. The minimum Gasteiger partial charge on any atom is -0.166 e. The van der Waals surface area contributed by atoms with Crippen LogP contribution >= 0.6 is 0 Å². The van der Waals surface area contributed by atoms with Gasteiger partial charge in [-0.15, -0.1) is 0 Å². The van der Waals surface area contributed by atoms with Crippen LogP contribution in [0.25, 0.3) is 0 Å². The number of hydrogen-bond acceptors (Lipinski definition) is 0. The summed E-state index contributed by atoms with van der Waals surface area (Å²) in [5.41, 5.74) is 0.220. The van der Waals surface area contributed by atoms with Gasteiger partial charge in [-0.05, 0) is 31.1 Å². The average molecular weight is 228 g/mol. The molecule has 0 atom stereocenters. The fourth-order valence-electron chi connectivity index (χ4n) is 0.906. The van der Waals surface area contributed by atoms with Crippen molar-refractivity contribution in [2.45, 2.75) is 20.0 Å². The number of rotatable bonds is 4. The Morgan fingerprint density at radius 3 is 2.19 bits per heavy atom. The molecule has 0 rings (SSSR count). The van der Waals surface area contributed by atoms with Crippen LogP contribution in [0, 0.1) is 0 Å². The lowest BCUT2D eigenvalue weighted by atomic mass is 10.1. The van der Waals surface area contributed by atoms with E-state index in [9.17, 15) is 13.2 Å². The largest absolute Gasteiger partial charge is 0.416 e. The van der Waals surface area contributed by atoms with Gasteiger partial charge >= 0.3 is 6.18 Å². The van der Waals surface area contributed by atoms with E-state index in [1.54, 1.807) is 25.2 Å². The summed E-state index contributed by atoms with van der Waals surface area (Å²) in [7, 11) is 0. The van der Waals surface area contributed by atoms with Gasteiger partial charge in [0.15, 0.2) is 0 Å². The maximum absolute atomic E-state index is 12.4. The molecule has 3 heteroatoms. The Labute approximate surface area is 94.2 Å². The quantitative estimate of drug-likeness (QED) is 0.610. The predicted octanol–water partition coefficient (Wildman–Crippen LogP) is 4.74. The van der Waals surface area contributed by atoms with E-state index in [0.717, 1.165) is 12.2 Å². The summed E-state index contributed by atoms with van der Waals surface area (Å²) in [6.07, 6.45) is 2.63. The zero-order valence-electron chi connectivity index (χ0n) is 9.43. The maximum atomic E-state index is 12.4. The molecular weight excluding hydrogens is 213 g/mol. The van der Waals surface area contributed by atoms with Crippen molar-refractivity contribution in [2.75, 3.05) is 0 Å². The fraction of sp³-hybridized carbons (Fsp3) is 0.231. The molecule has 0 fully saturated rings. The van der Waals surface area contributed by atoms with Gasteiger partial charge in [0, 0.05) is 0 Å². The van der Waals surface area contributed by atoms with Crippen LogP contribution in [0.3, 0.4) is 0 Å². The monoisotopic (exact) mass is 228 g/mol. The molecule has 88 valence electrons. The summed E-state index contributed by atoms with van der Waals surface area (Å²) in [4.78, 5) is 0. The standard InChI is InChI=1S/C13H15F3/c1-5-7-8-10(3)11(4)9-12(6-2)13(14,15)16/h5-9H,2,4H2,1,3H3. The van der Waals surface area contributed by atoms with Crippen LogP contribution in [-0.2, 0) is 0 Å². The van der Waals surface area contributed by atoms with E-state index in [-0.39, 0.29) is 0 Å².